The van der Waals surface area contributed by atoms with Crippen LogP contribution in [0, 0.1) is 5.41 Å². The fraction of sp³-hybridized carbons (Fsp3) is 0.500. The van der Waals surface area contributed by atoms with Gasteiger partial charge in [0, 0.05) is 22.5 Å². The Kier molecular flexibility index (Phi) is 4.20. The average molecular weight is 362 g/mol. The van der Waals surface area contributed by atoms with E-state index in [2.05, 4.69) is 42.2 Å². The largest absolute Gasteiger partial charge is 0.350 e. The highest BCUT2D eigenvalue weighted by molar-refractivity contribution is 9.10. The van der Waals surface area contributed by atoms with Crippen molar-refractivity contribution in [3.05, 3.63) is 28.5 Å². The summed E-state index contributed by atoms with van der Waals surface area (Å²) in [6.07, 6.45) is 5.17. The number of hydrogen-bond acceptors (Lipinski definition) is 2. The summed E-state index contributed by atoms with van der Waals surface area (Å²) < 4.78 is 0.739. The summed E-state index contributed by atoms with van der Waals surface area (Å²) in [7, 11) is 0. The summed E-state index contributed by atoms with van der Waals surface area (Å²) in [5.74, 6) is -0.0988. The zero-order valence-electron chi connectivity index (χ0n) is 9.38. The fourth-order valence-corrected chi connectivity index (χ4v) is 3.07. The Hall–Kier alpha value is -0.420. The summed E-state index contributed by atoms with van der Waals surface area (Å²) in [6.45, 7) is 0.750. The molecule has 1 aromatic rings. The molecule has 1 amide bonds. The van der Waals surface area contributed by atoms with Gasteiger partial charge in [0.1, 0.15) is 5.69 Å². The lowest BCUT2D eigenvalue weighted by Gasteiger charge is -2.14. The predicted molar refractivity (Wildman–Crippen MR) is 74.3 cm³/mol. The zero-order valence-corrected chi connectivity index (χ0v) is 12.6. The number of carbonyl (C=O) groups is 1. The molecule has 1 N–H and O–H groups in total. The van der Waals surface area contributed by atoms with Crippen LogP contribution in [0.2, 0.25) is 0 Å². The van der Waals surface area contributed by atoms with Crippen molar-refractivity contribution in [2.24, 2.45) is 5.41 Å². The van der Waals surface area contributed by atoms with Crippen molar-refractivity contribution in [1.82, 2.24) is 10.3 Å². The lowest BCUT2D eigenvalue weighted by Crippen LogP contribution is -2.31. The number of pyridine rings is 1. The molecular weight excluding hydrogens is 348 g/mol. The van der Waals surface area contributed by atoms with Crippen LogP contribution in [0.3, 0.4) is 0 Å². The smallest absolute Gasteiger partial charge is 0.271 e. The van der Waals surface area contributed by atoms with E-state index in [0.717, 1.165) is 22.8 Å². The summed E-state index contributed by atoms with van der Waals surface area (Å²) in [4.78, 5) is 16.0. The Labute approximate surface area is 118 Å². The summed E-state index contributed by atoms with van der Waals surface area (Å²) in [5.41, 5.74) is 0.794. The van der Waals surface area contributed by atoms with Gasteiger partial charge in [-0.1, -0.05) is 15.9 Å². The van der Waals surface area contributed by atoms with Gasteiger partial charge in [0.15, 0.2) is 0 Å². The van der Waals surface area contributed by atoms with Crippen LogP contribution in [-0.2, 0) is 0 Å². The molecule has 92 valence electrons. The number of nitrogens with one attached hydrogen (secondary N) is 1. The molecule has 17 heavy (non-hydrogen) atoms. The molecule has 1 aliphatic rings. The third-order valence-electron chi connectivity index (χ3n) is 3.18. The molecule has 1 fully saturated rings. The molecule has 0 saturated heterocycles. The van der Waals surface area contributed by atoms with Crippen LogP contribution in [0.15, 0.2) is 22.8 Å². The molecule has 2 rings (SSSR count). The maximum atomic E-state index is 11.9. The Bertz CT molecular complexity index is 419. The molecule has 0 atom stereocenters. The van der Waals surface area contributed by atoms with Gasteiger partial charge in [-0.15, -0.1) is 0 Å². The van der Waals surface area contributed by atoms with Crippen molar-refractivity contribution in [2.45, 2.75) is 19.3 Å². The number of alkyl halides is 1. The Morgan fingerprint density at radius 1 is 1.53 bits per heavy atom. The molecule has 1 aliphatic carbocycles. The lowest BCUT2D eigenvalue weighted by atomic mass is 10.0. The van der Waals surface area contributed by atoms with Gasteiger partial charge in [-0.25, -0.2) is 4.98 Å². The standard InChI is InChI=1S/C12H14Br2N2O/c13-6-5-12(3-4-12)8-16-11(17)10-9(14)2-1-7-15-10/h1-2,7H,3-6,8H2,(H,16,17). The molecule has 1 aromatic heterocycles. The van der Waals surface area contributed by atoms with E-state index >= 15 is 0 Å². The van der Waals surface area contributed by atoms with Crippen molar-refractivity contribution in [1.29, 1.82) is 0 Å². The van der Waals surface area contributed by atoms with Gasteiger partial charge >= 0.3 is 0 Å². The van der Waals surface area contributed by atoms with Crippen LogP contribution in [0.4, 0.5) is 0 Å². The number of amides is 1. The van der Waals surface area contributed by atoms with Crippen LogP contribution in [0.1, 0.15) is 29.8 Å². The van der Waals surface area contributed by atoms with Crippen LogP contribution >= 0.6 is 31.9 Å². The lowest BCUT2D eigenvalue weighted by molar-refractivity contribution is 0.0938. The monoisotopic (exact) mass is 360 g/mol. The third kappa shape index (κ3) is 3.28. The second-order valence-electron chi connectivity index (χ2n) is 4.46. The quantitative estimate of drug-likeness (QED) is 0.818. The molecule has 0 radical (unpaired) electrons. The van der Waals surface area contributed by atoms with Crippen LogP contribution < -0.4 is 5.32 Å². The Morgan fingerprint density at radius 2 is 2.29 bits per heavy atom. The van der Waals surface area contributed by atoms with Gasteiger partial charge in [0.2, 0.25) is 0 Å². The van der Waals surface area contributed by atoms with E-state index in [1.165, 1.54) is 12.8 Å². The van der Waals surface area contributed by atoms with E-state index in [4.69, 9.17) is 0 Å². The van der Waals surface area contributed by atoms with Crippen molar-refractivity contribution < 1.29 is 4.79 Å². The Balaban J connectivity index is 1.92. The topological polar surface area (TPSA) is 42.0 Å². The van der Waals surface area contributed by atoms with E-state index < -0.39 is 0 Å². The second-order valence-corrected chi connectivity index (χ2v) is 6.10. The molecule has 3 nitrogen and oxygen atoms in total. The molecule has 0 unspecified atom stereocenters. The van der Waals surface area contributed by atoms with Gasteiger partial charge in [-0.3, -0.25) is 4.79 Å². The maximum Gasteiger partial charge on any atom is 0.271 e. The van der Waals surface area contributed by atoms with Gasteiger partial charge in [0.05, 0.1) is 0 Å². The Morgan fingerprint density at radius 3 is 2.88 bits per heavy atom. The molecule has 0 aromatic carbocycles. The van der Waals surface area contributed by atoms with E-state index in [1.54, 1.807) is 12.3 Å². The van der Waals surface area contributed by atoms with Gasteiger partial charge in [-0.2, -0.15) is 0 Å². The number of carbonyl (C=O) groups excluding carboxylic acids is 1. The highest BCUT2D eigenvalue weighted by Crippen LogP contribution is 2.48. The SMILES string of the molecule is O=C(NCC1(CCBr)CC1)c1ncccc1Br. The van der Waals surface area contributed by atoms with Crippen LogP contribution in [0.25, 0.3) is 0 Å². The highest BCUT2D eigenvalue weighted by atomic mass is 79.9. The molecule has 1 heterocycles. The van der Waals surface area contributed by atoms with Crippen molar-refractivity contribution in [2.75, 3.05) is 11.9 Å². The van der Waals surface area contributed by atoms with Gasteiger partial charge < -0.3 is 5.32 Å². The molecule has 5 heteroatoms. The predicted octanol–water partition coefficient (Wildman–Crippen LogP) is 3.14. The zero-order chi connectivity index (χ0) is 12.3. The minimum atomic E-state index is -0.0988. The molecule has 1 saturated carbocycles. The van der Waals surface area contributed by atoms with Gasteiger partial charge in [-0.05, 0) is 52.7 Å². The first-order valence-electron chi connectivity index (χ1n) is 5.62. The normalized spacial score (nSPS) is 16.6. The van der Waals surface area contributed by atoms with Crippen molar-refractivity contribution >= 4 is 37.8 Å². The van der Waals surface area contributed by atoms with E-state index in [0.29, 0.717) is 11.1 Å². The van der Waals surface area contributed by atoms with E-state index in [-0.39, 0.29) is 5.91 Å². The van der Waals surface area contributed by atoms with E-state index in [1.807, 2.05) is 6.07 Å². The minimum Gasteiger partial charge on any atom is -0.350 e. The summed E-state index contributed by atoms with van der Waals surface area (Å²) >= 11 is 6.79. The first kappa shape index (κ1) is 13.0. The van der Waals surface area contributed by atoms with E-state index in [9.17, 15) is 4.79 Å². The van der Waals surface area contributed by atoms with Crippen molar-refractivity contribution in [3.63, 3.8) is 0 Å². The number of aromatic nitrogens is 1. The molecule has 0 bridgehead atoms. The van der Waals surface area contributed by atoms with Crippen molar-refractivity contribution in [3.8, 4) is 0 Å². The number of nitrogens with zero attached hydrogens (tertiary/aromatic N) is 1. The fourth-order valence-electron chi connectivity index (χ4n) is 1.80. The van der Waals surface area contributed by atoms with Gasteiger partial charge in [0.25, 0.3) is 5.91 Å². The average Bonchev–Trinajstić information content (AvgIpc) is 3.08. The summed E-state index contributed by atoms with van der Waals surface area (Å²) in [5, 5.41) is 3.97. The first-order valence-corrected chi connectivity index (χ1v) is 7.53. The number of rotatable bonds is 5. The second kappa shape index (κ2) is 5.48. The van der Waals surface area contributed by atoms with Crippen LogP contribution in [-0.4, -0.2) is 22.8 Å². The number of hydrogen-bond donors (Lipinski definition) is 1. The minimum absolute atomic E-state index is 0.0988. The molecule has 0 spiro atoms. The summed E-state index contributed by atoms with van der Waals surface area (Å²) in [6, 6.07) is 3.63. The third-order valence-corrected chi connectivity index (χ3v) is 4.22. The first-order chi connectivity index (χ1) is 8.17. The highest BCUT2D eigenvalue weighted by Gasteiger charge is 2.41. The van der Waals surface area contributed by atoms with Crippen LogP contribution in [0.5, 0.6) is 0 Å². The maximum absolute atomic E-state index is 11.9. The molecule has 0 aliphatic heterocycles. The number of halogens is 2. The molecular formula is C12H14Br2N2O.